The van der Waals surface area contributed by atoms with Crippen molar-refractivity contribution in [3.8, 4) is 5.75 Å². The molecule has 170 valence electrons. The maximum absolute atomic E-state index is 13.7. The average Bonchev–Trinajstić information content (AvgIpc) is 2.85. The lowest BCUT2D eigenvalue weighted by Gasteiger charge is -2.32. The van der Waals surface area contributed by atoms with E-state index in [1.165, 1.54) is 17.7 Å². The van der Waals surface area contributed by atoms with Gasteiger partial charge in [-0.1, -0.05) is 54.6 Å². The predicted molar refractivity (Wildman–Crippen MR) is 126 cm³/mol. The third kappa shape index (κ3) is 5.98. The number of carbonyl (C=O) groups is 2. The van der Waals surface area contributed by atoms with Crippen molar-refractivity contribution in [2.75, 3.05) is 25.0 Å². The molecule has 1 N–H and O–H groups in total. The van der Waals surface area contributed by atoms with Gasteiger partial charge in [-0.15, -0.1) is 0 Å². The van der Waals surface area contributed by atoms with Crippen molar-refractivity contribution in [3.05, 3.63) is 95.8 Å². The Morgan fingerprint density at radius 3 is 2.33 bits per heavy atom. The number of amides is 2. The van der Waals surface area contributed by atoms with Gasteiger partial charge in [-0.3, -0.25) is 9.59 Å². The first-order valence-corrected chi connectivity index (χ1v) is 11.2. The molecule has 3 aromatic rings. The predicted octanol–water partition coefficient (Wildman–Crippen LogP) is 4.94. The lowest BCUT2D eigenvalue weighted by molar-refractivity contribution is -0.118. The summed E-state index contributed by atoms with van der Waals surface area (Å²) < 4.78 is 19.4. The molecule has 2 amide bonds. The zero-order valence-corrected chi connectivity index (χ0v) is 18.4. The van der Waals surface area contributed by atoms with E-state index in [0.717, 1.165) is 19.3 Å². The van der Waals surface area contributed by atoms with E-state index in [4.69, 9.17) is 4.74 Å². The summed E-state index contributed by atoms with van der Waals surface area (Å²) in [6.45, 7) is 1.06. The van der Waals surface area contributed by atoms with Crippen LogP contribution in [0.3, 0.4) is 0 Å². The molecular weight excluding hydrogens is 419 g/mol. The Morgan fingerprint density at radius 2 is 1.58 bits per heavy atom. The number of piperidine rings is 1. The summed E-state index contributed by atoms with van der Waals surface area (Å²) in [6, 6.07) is 23.3. The second-order valence-corrected chi connectivity index (χ2v) is 8.24. The molecule has 33 heavy (non-hydrogen) atoms. The summed E-state index contributed by atoms with van der Waals surface area (Å²) in [5.74, 6) is -0.206. The van der Waals surface area contributed by atoms with Crippen LogP contribution < -0.4 is 10.1 Å². The molecule has 0 aliphatic carbocycles. The van der Waals surface area contributed by atoms with Crippen molar-refractivity contribution in [2.24, 2.45) is 5.92 Å². The van der Waals surface area contributed by atoms with Crippen molar-refractivity contribution >= 4 is 17.5 Å². The standard InChI is InChI=1S/C27H27FN2O3/c28-23-11-5-6-12-24(23)29-26(31)19-33-25-13-7-4-10-22(25)27(32)30-16-14-21(15-17-30)18-20-8-2-1-3-9-20/h1-13,21H,14-19H2,(H,29,31). The SMILES string of the molecule is O=C(COc1ccccc1C(=O)N1CCC(Cc2ccccc2)CC1)Nc1ccccc1F. The molecule has 1 heterocycles. The Kier molecular flexibility index (Phi) is 7.35. The minimum Gasteiger partial charge on any atom is -0.483 e. The van der Waals surface area contributed by atoms with Crippen LogP contribution in [0.2, 0.25) is 0 Å². The molecule has 0 radical (unpaired) electrons. The van der Waals surface area contributed by atoms with Crippen LogP contribution in [0.4, 0.5) is 10.1 Å². The Bertz CT molecular complexity index is 1100. The van der Waals surface area contributed by atoms with Crippen LogP contribution in [0.25, 0.3) is 0 Å². The molecule has 0 saturated carbocycles. The van der Waals surface area contributed by atoms with Crippen molar-refractivity contribution in [1.29, 1.82) is 0 Å². The number of para-hydroxylation sites is 2. The van der Waals surface area contributed by atoms with Crippen LogP contribution in [0.1, 0.15) is 28.8 Å². The molecule has 1 fully saturated rings. The first-order chi connectivity index (χ1) is 16.1. The zero-order chi connectivity index (χ0) is 23.0. The molecule has 1 aliphatic heterocycles. The van der Waals surface area contributed by atoms with E-state index < -0.39 is 11.7 Å². The summed E-state index contributed by atoms with van der Waals surface area (Å²) in [4.78, 5) is 27.2. The number of nitrogens with zero attached hydrogens (tertiary/aromatic N) is 1. The maximum atomic E-state index is 13.7. The number of halogens is 1. The van der Waals surface area contributed by atoms with Gasteiger partial charge in [0, 0.05) is 13.1 Å². The number of hydrogen-bond donors (Lipinski definition) is 1. The summed E-state index contributed by atoms with van der Waals surface area (Å²) in [6.07, 6.45) is 2.93. The number of carbonyl (C=O) groups excluding carboxylic acids is 2. The Morgan fingerprint density at radius 1 is 0.909 bits per heavy atom. The number of likely N-dealkylation sites (tertiary alicyclic amines) is 1. The molecule has 0 bridgehead atoms. The van der Waals surface area contributed by atoms with Gasteiger partial charge < -0.3 is 15.0 Å². The third-order valence-corrected chi connectivity index (χ3v) is 5.89. The summed E-state index contributed by atoms with van der Waals surface area (Å²) in [7, 11) is 0. The lowest BCUT2D eigenvalue weighted by atomic mass is 9.90. The van der Waals surface area contributed by atoms with Crippen LogP contribution in [-0.4, -0.2) is 36.4 Å². The molecular formula is C27H27FN2O3. The van der Waals surface area contributed by atoms with Gasteiger partial charge in [-0.2, -0.15) is 0 Å². The molecule has 3 aromatic carbocycles. The van der Waals surface area contributed by atoms with Crippen LogP contribution in [0.5, 0.6) is 5.75 Å². The van der Waals surface area contributed by atoms with E-state index in [-0.39, 0.29) is 18.2 Å². The number of hydrogen-bond acceptors (Lipinski definition) is 3. The molecule has 4 rings (SSSR count). The highest BCUT2D eigenvalue weighted by Gasteiger charge is 2.25. The second kappa shape index (κ2) is 10.8. The van der Waals surface area contributed by atoms with Gasteiger partial charge in [0.2, 0.25) is 0 Å². The van der Waals surface area contributed by atoms with Gasteiger partial charge >= 0.3 is 0 Å². The zero-order valence-electron chi connectivity index (χ0n) is 18.4. The summed E-state index contributed by atoms with van der Waals surface area (Å²) >= 11 is 0. The fraction of sp³-hybridized carbons (Fsp3) is 0.259. The quantitative estimate of drug-likeness (QED) is 0.559. The minimum atomic E-state index is -0.517. The van der Waals surface area contributed by atoms with Gasteiger partial charge in [-0.25, -0.2) is 4.39 Å². The molecule has 0 spiro atoms. The number of nitrogens with one attached hydrogen (secondary N) is 1. The number of ether oxygens (including phenoxy) is 1. The van der Waals surface area contributed by atoms with Crippen LogP contribution >= 0.6 is 0 Å². The van der Waals surface area contributed by atoms with Gasteiger partial charge in [0.05, 0.1) is 11.3 Å². The number of anilines is 1. The van der Waals surface area contributed by atoms with E-state index in [1.54, 1.807) is 36.4 Å². The van der Waals surface area contributed by atoms with Crippen LogP contribution in [0.15, 0.2) is 78.9 Å². The summed E-state index contributed by atoms with van der Waals surface area (Å²) in [5.41, 5.74) is 1.85. The highest BCUT2D eigenvalue weighted by molar-refractivity contribution is 5.97. The minimum absolute atomic E-state index is 0.0915. The van der Waals surface area contributed by atoms with Gasteiger partial charge in [0.25, 0.3) is 11.8 Å². The van der Waals surface area contributed by atoms with E-state index in [0.29, 0.717) is 30.3 Å². The second-order valence-electron chi connectivity index (χ2n) is 8.24. The molecule has 0 unspecified atom stereocenters. The Labute approximate surface area is 193 Å². The van der Waals surface area contributed by atoms with E-state index in [2.05, 4.69) is 29.6 Å². The fourth-order valence-corrected chi connectivity index (χ4v) is 4.12. The molecule has 1 aliphatic rings. The van der Waals surface area contributed by atoms with Gasteiger partial charge in [0.15, 0.2) is 6.61 Å². The van der Waals surface area contributed by atoms with Crippen LogP contribution in [0, 0.1) is 11.7 Å². The molecule has 0 atom stereocenters. The first-order valence-electron chi connectivity index (χ1n) is 11.2. The molecule has 5 nitrogen and oxygen atoms in total. The van der Waals surface area contributed by atoms with E-state index in [9.17, 15) is 14.0 Å². The third-order valence-electron chi connectivity index (χ3n) is 5.89. The normalized spacial score (nSPS) is 14.0. The Balaban J connectivity index is 1.32. The highest BCUT2D eigenvalue weighted by Crippen LogP contribution is 2.26. The number of rotatable bonds is 7. The van der Waals surface area contributed by atoms with E-state index >= 15 is 0 Å². The monoisotopic (exact) mass is 446 g/mol. The van der Waals surface area contributed by atoms with Crippen LogP contribution in [-0.2, 0) is 11.2 Å². The lowest BCUT2D eigenvalue weighted by Crippen LogP contribution is -2.39. The highest BCUT2D eigenvalue weighted by atomic mass is 19.1. The molecule has 0 aromatic heterocycles. The first kappa shape index (κ1) is 22.5. The van der Waals surface area contributed by atoms with Gasteiger partial charge in [-0.05, 0) is 55.0 Å². The number of benzene rings is 3. The summed E-state index contributed by atoms with van der Waals surface area (Å²) in [5, 5.41) is 2.48. The van der Waals surface area contributed by atoms with Gasteiger partial charge in [0.1, 0.15) is 11.6 Å². The van der Waals surface area contributed by atoms with E-state index in [1.807, 2.05) is 11.0 Å². The maximum Gasteiger partial charge on any atom is 0.262 e. The fourth-order valence-electron chi connectivity index (χ4n) is 4.12. The molecule has 6 heteroatoms. The largest absolute Gasteiger partial charge is 0.483 e. The topological polar surface area (TPSA) is 58.6 Å². The van der Waals surface area contributed by atoms with Crippen molar-refractivity contribution in [1.82, 2.24) is 4.90 Å². The smallest absolute Gasteiger partial charge is 0.262 e. The van der Waals surface area contributed by atoms with Crippen molar-refractivity contribution in [2.45, 2.75) is 19.3 Å². The average molecular weight is 447 g/mol. The van der Waals surface area contributed by atoms with Crippen molar-refractivity contribution < 1.29 is 18.7 Å². The Hall–Kier alpha value is -3.67. The van der Waals surface area contributed by atoms with Crippen molar-refractivity contribution in [3.63, 3.8) is 0 Å². The molecule has 1 saturated heterocycles.